The lowest BCUT2D eigenvalue weighted by molar-refractivity contribution is -0.134. The second-order valence-electron chi connectivity index (χ2n) is 4.82. The van der Waals surface area contributed by atoms with Gasteiger partial charge in [0.05, 0.1) is 10.4 Å². The van der Waals surface area contributed by atoms with Gasteiger partial charge in [0.1, 0.15) is 0 Å². The Hall–Kier alpha value is -0.620. The van der Waals surface area contributed by atoms with Gasteiger partial charge >= 0.3 is 0 Å². The summed E-state index contributed by atoms with van der Waals surface area (Å²) in [5, 5.41) is 0. The lowest BCUT2D eigenvalue weighted by atomic mass is 10.2. The first-order valence-corrected chi connectivity index (χ1v) is 7.80. The van der Waals surface area contributed by atoms with Crippen LogP contribution in [0.15, 0.2) is 12.1 Å². The Balaban J connectivity index is 1.81. The molecular formula is C13H20ClN3OS. The molecule has 1 saturated heterocycles. The van der Waals surface area contributed by atoms with Crippen molar-refractivity contribution in [3.05, 3.63) is 21.3 Å². The van der Waals surface area contributed by atoms with Crippen molar-refractivity contribution in [1.29, 1.82) is 0 Å². The van der Waals surface area contributed by atoms with E-state index in [0.717, 1.165) is 37.1 Å². The first-order valence-electron chi connectivity index (χ1n) is 6.61. The molecule has 1 atom stereocenters. The number of rotatable bonds is 4. The molecule has 0 bridgehead atoms. The summed E-state index contributed by atoms with van der Waals surface area (Å²) >= 11 is 7.55. The van der Waals surface area contributed by atoms with E-state index in [2.05, 4.69) is 11.0 Å². The molecule has 2 rings (SSSR count). The van der Waals surface area contributed by atoms with E-state index in [0.29, 0.717) is 6.42 Å². The second kappa shape index (κ2) is 6.70. The Kier molecular flexibility index (Phi) is 5.21. The van der Waals surface area contributed by atoms with Crippen LogP contribution < -0.4 is 5.73 Å². The third kappa shape index (κ3) is 3.92. The maximum atomic E-state index is 12.0. The number of piperazine rings is 1. The normalized spacial score (nSPS) is 18.6. The molecule has 1 aliphatic heterocycles. The molecule has 1 aromatic rings. The molecule has 1 aromatic heterocycles. The summed E-state index contributed by atoms with van der Waals surface area (Å²) in [5.41, 5.74) is 5.79. The number of carbonyl (C=O) groups excluding carboxylic acids is 1. The number of carbonyl (C=O) groups is 1. The highest BCUT2D eigenvalue weighted by Gasteiger charge is 2.24. The molecule has 4 nitrogen and oxygen atoms in total. The molecule has 0 spiro atoms. The third-order valence-electron chi connectivity index (χ3n) is 3.45. The average Bonchev–Trinajstić information content (AvgIpc) is 2.83. The lowest BCUT2D eigenvalue weighted by Gasteiger charge is -2.35. The lowest BCUT2D eigenvalue weighted by Crippen LogP contribution is -2.52. The Morgan fingerprint density at radius 1 is 1.42 bits per heavy atom. The fraction of sp³-hybridized carbons (Fsp3) is 0.615. The molecule has 1 unspecified atom stereocenters. The Morgan fingerprint density at radius 2 is 2.11 bits per heavy atom. The number of hydrogen-bond acceptors (Lipinski definition) is 4. The number of nitrogens with two attached hydrogens (primary N) is 1. The molecule has 0 aromatic carbocycles. The van der Waals surface area contributed by atoms with Crippen LogP contribution in [0.2, 0.25) is 4.34 Å². The van der Waals surface area contributed by atoms with Crippen LogP contribution in [0.1, 0.15) is 18.2 Å². The van der Waals surface area contributed by atoms with Crippen LogP contribution in [0.3, 0.4) is 0 Å². The molecule has 0 saturated carbocycles. The number of halogens is 1. The van der Waals surface area contributed by atoms with Crippen molar-refractivity contribution in [2.24, 2.45) is 5.73 Å². The molecule has 6 heteroatoms. The first kappa shape index (κ1) is 14.8. The van der Waals surface area contributed by atoms with Gasteiger partial charge in [0.2, 0.25) is 5.91 Å². The van der Waals surface area contributed by atoms with Crippen molar-refractivity contribution in [2.75, 3.05) is 26.2 Å². The molecule has 2 N–H and O–H groups in total. The van der Waals surface area contributed by atoms with Crippen molar-refractivity contribution in [3.8, 4) is 0 Å². The van der Waals surface area contributed by atoms with Gasteiger partial charge in [-0.1, -0.05) is 18.5 Å². The van der Waals surface area contributed by atoms with E-state index in [9.17, 15) is 4.79 Å². The molecular weight excluding hydrogens is 282 g/mol. The van der Waals surface area contributed by atoms with E-state index in [4.69, 9.17) is 17.3 Å². The summed E-state index contributed by atoms with van der Waals surface area (Å²) in [6, 6.07) is 3.65. The Bertz CT molecular complexity index is 429. The van der Waals surface area contributed by atoms with Gasteiger partial charge in [-0.05, 0) is 18.6 Å². The van der Waals surface area contributed by atoms with Crippen molar-refractivity contribution < 1.29 is 4.79 Å². The zero-order valence-electron chi connectivity index (χ0n) is 11.1. The maximum absolute atomic E-state index is 12.0. The minimum absolute atomic E-state index is 0.0846. The SMILES string of the molecule is CCC(N)C(=O)N1CCN(Cc2ccc(Cl)s2)CC1. The highest BCUT2D eigenvalue weighted by atomic mass is 35.5. The number of amides is 1. The van der Waals surface area contributed by atoms with E-state index < -0.39 is 0 Å². The van der Waals surface area contributed by atoms with Gasteiger partial charge in [0, 0.05) is 37.6 Å². The highest BCUT2D eigenvalue weighted by molar-refractivity contribution is 7.16. The zero-order valence-corrected chi connectivity index (χ0v) is 12.7. The van der Waals surface area contributed by atoms with Gasteiger partial charge < -0.3 is 10.6 Å². The van der Waals surface area contributed by atoms with E-state index >= 15 is 0 Å². The van der Waals surface area contributed by atoms with Gasteiger partial charge in [-0.15, -0.1) is 11.3 Å². The molecule has 19 heavy (non-hydrogen) atoms. The molecule has 2 heterocycles. The first-order chi connectivity index (χ1) is 9.10. The largest absolute Gasteiger partial charge is 0.339 e. The molecule has 0 aliphatic carbocycles. The molecule has 0 radical (unpaired) electrons. The van der Waals surface area contributed by atoms with E-state index in [1.807, 2.05) is 17.9 Å². The summed E-state index contributed by atoms with van der Waals surface area (Å²) in [7, 11) is 0. The Morgan fingerprint density at radius 3 is 2.63 bits per heavy atom. The van der Waals surface area contributed by atoms with Crippen LogP contribution in [0.5, 0.6) is 0 Å². The third-order valence-corrected chi connectivity index (χ3v) is 4.67. The van der Waals surface area contributed by atoms with Crippen molar-refractivity contribution in [1.82, 2.24) is 9.80 Å². The summed E-state index contributed by atoms with van der Waals surface area (Å²) < 4.78 is 0.831. The zero-order chi connectivity index (χ0) is 13.8. The van der Waals surface area contributed by atoms with Gasteiger partial charge in [-0.25, -0.2) is 0 Å². The summed E-state index contributed by atoms with van der Waals surface area (Å²) in [5.74, 6) is 0.0846. The smallest absolute Gasteiger partial charge is 0.239 e. The van der Waals surface area contributed by atoms with E-state index in [1.54, 1.807) is 11.3 Å². The monoisotopic (exact) mass is 301 g/mol. The highest BCUT2D eigenvalue weighted by Crippen LogP contribution is 2.23. The van der Waals surface area contributed by atoms with Crippen LogP contribution in [-0.4, -0.2) is 47.9 Å². The standard InChI is InChI=1S/C13H20ClN3OS/c1-2-11(15)13(18)17-7-5-16(6-8-17)9-10-3-4-12(14)19-10/h3-4,11H,2,5-9,15H2,1H3. The summed E-state index contributed by atoms with van der Waals surface area (Å²) in [6.45, 7) is 6.20. The molecule has 1 fully saturated rings. The maximum Gasteiger partial charge on any atom is 0.239 e. The van der Waals surface area contributed by atoms with Crippen LogP contribution >= 0.6 is 22.9 Å². The molecule has 1 aliphatic rings. The Labute approximate surface area is 123 Å². The molecule has 106 valence electrons. The molecule has 1 amide bonds. The predicted molar refractivity (Wildman–Crippen MR) is 79.5 cm³/mol. The number of hydrogen-bond donors (Lipinski definition) is 1. The fourth-order valence-electron chi connectivity index (χ4n) is 2.19. The fourth-order valence-corrected chi connectivity index (χ4v) is 3.32. The van der Waals surface area contributed by atoms with Crippen LogP contribution in [0.4, 0.5) is 0 Å². The van der Waals surface area contributed by atoms with Gasteiger partial charge in [0.25, 0.3) is 0 Å². The van der Waals surface area contributed by atoms with Crippen LogP contribution in [0, 0.1) is 0 Å². The van der Waals surface area contributed by atoms with Crippen LogP contribution in [-0.2, 0) is 11.3 Å². The van der Waals surface area contributed by atoms with Crippen molar-refractivity contribution >= 4 is 28.8 Å². The van der Waals surface area contributed by atoms with Gasteiger partial charge in [-0.2, -0.15) is 0 Å². The topological polar surface area (TPSA) is 49.6 Å². The minimum Gasteiger partial charge on any atom is -0.339 e. The van der Waals surface area contributed by atoms with Gasteiger partial charge in [0.15, 0.2) is 0 Å². The van der Waals surface area contributed by atoms with Crippen LogP contribution in [0.25, 0.3) is 0 Å². The number of nitrogens with zero attached hydrogens (tertiary/aromatic N) is 2. The second-order valence-corrected chi connectivity index (χ2v) is 6.62. The minimum atomic E-state index is -0.345. The van der Waals surface area contributed by atoms with E-state index in [-0.39, 0.29) is 11.9 Å². The van der Waals surface area contributed by atoms with Crippen molar-refractivity contribution in [2.45, 2.75) is 25.9 Å². The predicted octanol–water partition coefficient (Wildman–Crippen LogP) is 1.78. The number of thiophene rings is 1. The van der Waals surface area contributed by atoms with E-state index in [1.165, 1.54) is 4.88 Å². The summed E-state index contributed by atoms with van der Waals surface area (Å²) in [4.78, 5) is 17.5. The summed E-state index contributed by atoms with van der Waals surface area (Å²) in [6.07, 6.45) is 0.701. The average molecular weight is 302 g/mol. The quantitative estimate of drug-likeness (QED) is 0.922. The van der Waals surface area contributed by atoms with Crippen molar-refractivity contribution in [3.63, 3.8) is 0 Å². The van der Waals surface area contributed by atoms with Gasteiger partial charge in [-0.3, -0.25) is 9.69 Å².